The molecule has 6 nitrogen and oxygen atoms in total. The van der Waals surface area contributed by atoms with Crippen LogP contribution in [0.4, 0.5) is 18.9 Å². The van der Waals surface area contributed by atoms with E-state index in [1.165, 1.54) is 42.5 Å². The third-order valence-electron chi connectivity index (χ3n) is 6.02. The van der Waals surface area contributed by atoms with Gasteiger partial charge < -0.3 is 10.2 Å². The lowest BCUT2D eigenvalue weighted by atomic mass is 9.88. The van der Waals surface area contributed by atoms with E-state index in [-0.39, 0.29) is 32.6 Å². The highest BCUT2D eigenvalue weighted by atomic mass is 35.5. The summed E-state index contributed by atoms with van der Waals surface area (Å²) in [5, 5.41) is 24.9. The molecule has 11 heteroatoms. The van der Waals surface area contributed by atoms with E-state index in [9.17, 15) is 23.2 Å². The van der Waals surface area contributed by atoms with Crippen molar-refractivity contribution in [3.63, 3.8) is 0 Å². The summed E-state index contributed by atoms with van der Waals surface area (Å²) in [4.78, 5) is 17.8. The van der Waals surface area contributed by atoms with Crippen molar-refractivity contribution in [3.05, 3.63) is 104 Å². The summed E-state index contributed by atoms with van der Waals surface area (Å²) in [5.74, 6) is -0.488. The molecule has 0 spiro atoms. The maximum atomic E-state index is 14.2. The van der Waals surface area contributed by atoms with Gasteiger partial charge in [0.15, 0.2) is 0 Å². The molecule has 3 aromatic carbocycles. The highest BCUT2D eigenvalue weighted by Crippen LogP contribution is 2.49. The monoisotopic (exact) mass is 568 g/mol. The first-order chi connectivity index (χ1) is 18.5. The number of allylic oxidation sites excluding steroid dienone is 1. The van der Waals surface area contributed by atoms with Gasteiger partial charge in [-0.05, 0) is 72.7 Å². The van der Waals surface area contributed by atoms with E-state index in [1.807, 2.05) is 12.1 Å². The molecular weight excluding hydrogens is 552 g/mol. The predicted octanol–water partition coefficient (Wildman–Crippen LogP) is 7.54. The second-order valence-electron chi connectivity index (χ2n) is 8.68. The van der Waals surface area contributed by atoms with Crippen molar-refractivity contribution < 1.29 is 22.8 Å². The fourth-order valence-electron chi connectivity index (χ4n) is 4.04. The van der Waals surface area contributed by atoms with Crippen LogP contribution in [0.2, 0.25) is 10.0 Å². The van der Waals surface area contributed by atoms with Crippen molar-refractivity contribution in [2.75, 3.05) is 5.32 Å². The molecule has 1 N–H and O–H groups in total. The number of hydrogen-bond acceptors (Lipinski definition) is 5. The molecule has 1 aliphatic heterocycles. The molecule has 1 amide bonds. The first-order valence-corrected chi connectivity index (χ1v) is 12.0. The van der Waals surface area contributed by atoms with Gasteiger partial charge in [0, 0.05) is 27.6 Å². The van der Waals surface area contributed by atoms with Crippen LogP contribution in [0.5, 0.6) is 0 Å². The standard InChI is InChI=1S/C28H17Cl2F3N4O2/c1-16-8-18(14-34)4-7-24(16)26(38)36-25-9-17(2-5-19(25)15-35)3-6-23-13-27(39-37-23,28(31,32)33)20-10-21(29)12-22(30)11-20/h2-12H,13H2,1H3,(H,36,38)/b6-3+. The van der Waals surface area contributed by atoms with Crippen molar-refractivity contribution in [1.29, 1.82) is 10.5 Å². The minimum absolute atomic E-state index is 0.00609. The van der Waals surface area contributed by atoms with Gasteiger partial charge in [-0.1, -0.05) is 40.5 Å². The number of aryl methyl sites for hydroxylation is 1. The molecule has 4 rings (SSSR count). The zero-order chi connectivity index (χ0) is 28.4. The second kappa shape index (κ2) is 10.8. The molecule has 0 saturated heterocycles. The van der Waals surface area contributed by atoms with Crippen LogP contribution in [0, 0.1) is 29.6 Å². The lowest BCUT2D eigenvalue weighted by Crippen LogP contribution is -2.42. The van der Waals surface area contributed by atoms with E-state index in [4.69, 9.17) is 33.3 Å². The van der Waals surface area contributed by atoms with Crippen LogP contribution in [0.25, 0.3) is 6.08 Å². The fraction of sp³-hybridized carbons (Fsp3) is 0.143. The minimum Gasteiger partial charge on any atom is -0.374 e. The van der Waals surface area contributed by atoms with Crippen LogP contribution in [-0.4, -0.2) is 17.8 Å². The van der Waals surface area contributed by atoms with Gasteiger partial charge in [0.1, 0.15) is 6.07 Å². The molecule has 0 aromatic heterocycles. The second-order valence-corrected chi connectivity index (χ2v) is 9.55. The summed E-state index contributed by atoms with van der Waals surface area (Å²) in [5.41, 5.74) is -0.856. The Morgan fingerprint density at radius 3 is 2.38 bits per heavy atom. The Hall–Kier alpha value is -4.31. The molecule has 196 valence electrons. The summed E-state index contributed by atoms with van der Waals surface area (Å²) in [7, 11) is 0. The van der Waals surface area contributed by atoms with Gasteiger partial charge >= 0.3 is 6.18 Å². The Labute approximate surface area is 231 Å². The number of rotatable bonds is 5. The molecule has 0 fully saturated rings. The van der Waals surface area contributed by atoms with Crippen LogP contribution in [0.15, 0.2) is 65.8 Å². The average molecular weight is 569 g/mol. The van der Waals surface area contributed by atoms with E-state index in [0.717, 1.165) is 12.1 Å². The Balaban J connectivity index is 1.57. The molecule has 0 saturated carbocycles. The summed E-state index contributed by atoms with van der Waals surface area (Å²) < 4.78 is 42.5. The van der Waals surface area contributed by atoms with E-state index in [0.29, 0.717) is 22.3 Å². The zero-order valence-corrected chi connectivity index (χ0v) is 21.6. The number of carbonyl (C=O) groups excluding carboxylic acids is 1. The van der Waals surface area contributed by atoms with Crippen LogP contribution in [-0.2, 0) is 10.4 Å². The number of amides is 1. The zero-order valence-electron chi connectivity index (χ0n) is 20.1. The maximum Gasteiger partial charge on any atom is 0.435 e. The Bertz CT molecular complexity index is 1600. The van der Waals surface area contributed by atoms with Gasteiger partial charge in [-0.3, -0.25) is 4.79 Å². The number of nitrogens with zero attached hydrogens (tertiary/aromatic N) is 3. The van der Waals surface area contributed by atoms with E-state index in [2.05, 4.69) is 10.5 Å². The lowest BCUT2D eigenvalue weighted by Gasteiger charge is -2.29. The molecule has 1 unspecified atom stereocenters. The summed E-state index contributed by atoms with van der Waals surface area (Å²) in [6, 6.07) is 16.7. The van der Waals surface area contributed by atoms with Crippen LogP contribution >= 0.6 is 23.2 Å². The molecule has 0 aliphatic carbocycles. The number of hydrogen-bond donors (Lipinski definition) is 1. The number of halogens is 5. The number of anilines is 1. The molecule has 1 heterocycles. The van der Waals surface area contributed by atoms with Crippen LogP contribution in [0.3, 0.4) is 0 Å². The van der Waals surface area contributed by atoms with E-state index in [1.54, 1.807) is 19.1 Å². The van der Waals surface area contributed by atoms with Gasteiger partial charge in [-0.2, -0.15) is 23.7 Å². The van der Waals surface area contributed by atoms with Crippen molar-refractivity contribution in [3.8, 4) is 12.1 Å². The van der Waals surface area contributed by atoms with Crippen LogP contribution < -0.4 is 5.32 Å². The highest BCUT2D eigenvalue weighted by Gasteiger charge is 2.62. The third kappa shape index (κ3) is 5.75. The number of nitriles is 2. The van der Waals surface area contributed by atoms with E-state index < -0.39 is 24.1 Å². The predicted molar refractivity (Wildman–Crippen MR) is 141 cm³/mol. The normalized spacial score (nSPS) is 16.8. The van der Waals surface area contributed by atoms with Gasteiger partial charge in [0.25, 0.3) is 11.5 Å². The Morgan fingerprint density at radius 1 is 1.05 bits per heavy atom. The number of oxime groups is 1. The van der Waals surface area contributed by atoms with Gasteiger partial charge in [0.05, 0.1) is 28.6 Å². The van der Waals surface area contributed by atoms with Crippen molar-refractivity contribution >= 4 is 46.6 Å². The maximum absolute atomic E-state index is 14.2. The highest BCUT2D eigenvalue weighted by molar-refractivity contribution is 6.34. The SMILES string of the molecule is Cc1cc(C#N)ccc1C(=O)Nc1cc(/C=C/C2=NOC(c3cc(Cl)cc(Cl)c3)(C(F)(F)F)C2)ccc1C#N. The number of nitrogens with one attached hydrogen (secondary N) is 1. The molecule has 0 bridgehead atoms. The molecule has 1 atom stereocenters. The number of carbonyl (C=O) groups is 1. The largest absolute Gasteiger partial charge is 0.435 e. The number of alkyl halides is 3. The summed E-state index contributed by atoms with van der Waals surface area (Å²) in [6.45, 7) is 1.68. The van der Waals surface area contributed by atoms with Gasteiger partial charge in [-0.25, -0.2) is 0 Å². The average Bonchev–Trinajstić information content (AvgIpc) is 3.33. The molecule has 3 aromatic rings. The van der Waals surface area contributed by atoms with E-state index >= 15 is 0 Å². The minimum atomic E-state index is -4.82. The first kappa shape index (κ1) is 27.7. The topological polar surface area (TPSA) is 98.3 Å². The summed E-state index contributed by atoms with van der Waals surface area (Å²) in [6.07, 6.45) is -2.60. The van der Waals surface area contributed by atoms with Crippen molar-refractivity contribution in [2.45, 2.75) is 25.1 Å². The quantitative estimate of drug-likeness (QED) is 0.343. The molecular formula is C28H17Cl2F3N4O2. The molecule has 39 heavy (non-hydrogen) atoms. The Kier molecular flexibility index (Phi) is 7.69. The van der Waals surface area contributed by atoms with Crippen LogP contribution in [0.1, 0.15) is 44.6 Å². The number of benzene rings is 3. The first-order valence-electron chi connectivity index (χ1n) is 11.3. The Morgan fingerprint density at radius 2 is 1.77 bits per heavy atom. The third-order valence-corrected chi connectivity index (χ3v) is 6.45. The van der Waals surface area contributed by atoms with Gasteiger partial charge in [0.2, 0.25) is 0 Å². The molecule has 0 radical (unpaired) electrons. The van der Waals surface area contributed by atoms with Crippen molar-refractivity contribution in [1.82, 2.24) is 0 Å². The van der Waals surface area contributed by atoms with Gasteiger partial charge in [-0.15, -0.1) is 0 Å². The summed E-state index contributed by atoms with van der Waals surface area (Å²) >= 11 is 11.9. The lowest BCUT2D eigenvalue weighted by molar-refractivity contribution is -0.275. The fourth-order valence-corrected chi connectivity index (χ4v) is 4.57. The molecule has 1 aliphatic rings. The van der Waals surface area contributed by atoms with Crippen molar-refractivity contribution in [2.24, 2.45) is 5.16 Å². The smallest absolute Gasteiger partial charge is 0.374 e.